The fourth-order valence-corrected chi connectivity index (χ4v) is 3.23. The van der Waals surface area contributed by atoms with Crippen LogP contribution in [0, 0.1) is 6.92 Å². The van der Waals surface area contributed by atoms with Gasteiger partial charge in [0.05, 0.1) is 17.3 Å². The molecular formula is C22H15N3O3. The molecule has 0 aliphatic carbocycles. The number of benzene rings is 2. The van der Waals surface area contributed by atoms with Gasteiger partial charge in [0, 0.05) is 18.0 Å². The molecular weight excluding hydrogens is 354 g/mol. The van der Waals surface area contributed by atoms with Crippen LogP contribution in [-0.2, 0) is 0 Å². The number of hydrogen-bond acceptors (Lipinski definition) is 5. The lowest BCUT2D eigenvalue weighted by Crippen LogP contribution is -2.13. The summed E-state index contributed by atoms with van der Waals surface area (Å²) in [6.07, 6.45) is 1.58. The maximum atomic E-state index is 13.1. The van der Waals surface area contributed by atoms with Gasteiger partial charge in [0.15, 0.2) is 17.2 Å². The maximum absolute atomic E-state index is 13.1. The molecule has 0 bridgehead atoms. The third kappa shape index (κ3) is 2.81. The molecule has 1 N–H and O–H groups in total. The van der Waals surface area contributed by atoms with Crippen molar-refractivity contribution >= 4 is 33.6 Å². The summed E-state index contributed by atoms with van der Waals surface area (Å²) in [4.78, 5) is 22.0. The van der Waals surface area contributed by atoms with Gasteiger partial charge in [0.2, 0.25) is 0 Å². The number of carbonyl (C=O) groups excluding carboxylic acids is 1. The van der Waals surface area contributed by atoms with Crippen LogP contribution in [-0.4, -0.2) is 15.9 Å². The monoisotopic (exact) mass is 369 g/mol. The Morgan fingerprint density at radius 2 is 1.86 bits per heavy atom. The largest absolute Gasteiger partial charge is 0.463 e. The molecule has 0 radical (unpaired) electrons. The first-order valence-corrected chi connectivity index (χ1v) is 8.79. The van der Waals surface area contributed by atoms with Crippen molar-refractivity contribution in [3.05, 3.63) is 78.4 Å². The molecule has 0 fully saturated rings. The molecule has 136 valence electrons. The average Bonchev–Trinajstić information content (AvgIpc) is 3.35. The van der Waals surface area contributed by atoms with Crippen molar-refractivity contribution in [3.8, 4) is 11.5 Å². The van der Waals surface area contributed by atoms with Crippen molar-refractivity contribution in [2.45, 2.75) is 6.92 Å². The Hall–Kier alpha value is -3.93. The van der Waals surface area contributed by atoms with E-state index in [1.807, 2.05) is 30.3 Å². The Bertz CT molecular complexity index is 1320. The molecule has 3 heterocycles. The van der Waals surface area contributed by atoms with Crippen LogP contribution in [0.1, 0.15) is 16.2 Å². The third-order valence-electron chi connectivity index (χ3n) is 4.49. The number of oxazole rings is 1. The fraction of sp³-hybridized carbons (Fsp3) is 0.0455. The van der Waals surface area contributed by atoms with Crippen molar-refractivity contribution < 1.29 is 13.6 Å². The second-order valence-electron chi connectivity index (χ2n) is 6.42. The molecule has 5 aromatic rings. The molecule has 0 unspecified atom stereocenters. The van der Waals surface area contributed by atoms with Gasteiger partial charge in [-0.3, -0.25) is 4.79 Å². The Kier molecular flexibility index (Phi) is 3.69. The normalized spacial score (nSPS) is 11.2. The van der Waals surface area contributed by atoms with Gasteiger partial charge in [0.1, 0.15) is 11.2 Å². The predicted molar refractivity (Wildman–Crippen MR) is 106 cm³/mol. The van der Waals surface area contributed by atoms with Gasteiger partial charge in [-0.05, 0) is 42.5 Å². The number of amides is 1. The fourth-order valence-electron chi connectivity index (χ4n) is 3.23. The van der Waals surface area contributed by atoms with E-state index in [1.165, 1.54) is 0 Å². The van der Waals surface area contributed by atoms with E-state index in [9.17, 15) is 4.79 Å². The number of aryl methyl sites for hydroxylation is 1. The number of nitrogens with zero attached hydrogens (tertiary/aromatic N) is 2. The van der Waals surface area contributed by atoms with E-state index in [-0.39, 0.29) is 5.91 Å². The predicted octanol–water partition coefficient (Wildman–Crippen LogP) is 5.20. The lowest BCUT2D eigenvalue weighted by molar-refractivity contribution is 0.102. The molecule has 6 nitrogen and oxygen atoms in total. The molecule has 2 aromatic carbocycles. The maximum Gasteiger partial charge on any atom is 0.256 e. The van der Waals surface area contributed by atoms with Crippen LogP contribution in [0.2, 0.25) is 0 Å². The topological polar surface area (TPSA) is 81.2 Å². The third-order valence-corrected chi connectivity index (χ3v) is 4.49. The Labute approximate surface area is 159 Å². The Balaban J connectivity index is 1.57. The minimum Gasteiger partial charge on any atom is -0.463 e. The van der Waals surface area contributed by atoms with Crippen LogP contribution in [0.15, 0.2) is 75.8 Å². The highest BCUT2D eigenvalue weighted by Crippen LogP contribution is 2.26. The van der Waals surface area contributed by atoms with Gasteiger partial charge in [0.25, 0.3) is 5.91 Å². The minimum atomic E-state index is -0.231. The number of fused-ring (bicyclic) bond motifs is 2. The highest BCUT2D eigenvalue weighted by Gasteiger charge is 2.15. The minimum absolute atomic E-state index is 0.231. The number of nitrogens with one attached hydrogen (secondary N) is 1. The summed E-state index contributed by atoms with van der Waals surface area (Å²) >= 11 is 0. The zero-order valence-corrected chi connectivity index (χ0v) is 15.0. The molecule has 1 amide bonds. The molecule has 28 heavy (non-hydrogen) atoms. The summed E-state index contributed by atoms with van der Waals surface area (Å²) in [7, 11) is 0. The van der Waals surface area contributed by atoms with Crippen molar-refractivity contribution in [1.29, 1.82) is 0 Å². The first-order chi connectivity index (χ1) is 13.7. The number of aromatic nitrogens is 2. The molecule has 5 rings (SSSR count). The van der Waals surface area contributed by atoms with Crippen LogP contribution >= 0.6 is 0 Å². The van der Waals surface area contributed by atoms with Crippen molar-refractivity contribution in [3.63, 3.8) is 0 Å². The molecule has 3 aromatic heterocycles. The molecule has 0 saturated heterocycles. The lowest BCUT2D eigenvalue weighted by Gasteiger charge is -2.10. The van der Waals surface area contributed by atoms with E-state index in [2.05, 4.69) is 15.3 Å². The van der Waals surface area contributed by atoms with Crippen LogP contribution in [0.4, 0.5) is 5.69 Å². The molecule has 0 aliphatic rings. The van der Waals surface area contributed by atoms with Gasteiger partial charge in [-0.25, -0.2) is 9.97 Å². The SMILES string of the molecule is Cc1nc2cc(NC(=O)c3cc(-c4ccco4)nc4ccccc34)ccc2o1. The average molecular weight is 369 g/mol. The van der Waals surface area contributed by atoms with Crippen LogP contribution in [0.25, 0.3) is 33.5 Å². The van der Waals surface area contributed by atoms with E-state index >= 15 is 0 Å². The van der Waals surface area contributed by atoms with E-state index < -0.39 is 0 Å². The standard InChI is InChI=1S/C22H15N3O3/c1-13-23-18-11-14(8-9-21(18)28-13)24-22(26)16-12-19(20-7-4-10-27-20)25-17-6-3-2-5-15(16)17/h2-12H,1H3,(H,24,26). The van der Waals surface area contributed by atoms with E-state index in [0.717, 1.165) is 10.9 Å². The van der Waals surface area contributed by atoms with E-state index in [0.29, 0.717) is 39.7 Å². The van der Waals surface area contributed by atoms with Crippen LogP contribution in [0.5, 0.6) is 0 Å². The zero-order valence-electron chi connectivity index (χ0n) is 15.0. The molecule has 0 aliphatic heterocycles. The van der Waals surface area contributed by atoms with E-state index in [4.69, 9.17) is 8.83 Å². The van der Waals surface area contributed by atoms with Crippen LogP contribution in [0.3, 0.4) is 0 Å². The second-order valence-corrected chi connectivity index (χ2v) is 6.42. The summed E-state index contributed by atoms with van der Waals surface area (Å²) in [5.74, 6) is 0.965. The number of rotatable bonds is 3. The number of hydrogen-bond donors (Lipinski definition) is 1. The smallest absolute Gasteiger partial charge is 0.256 e. The summed E-state index contributed by atoms with van der Waals surface area (Å²) < 4.78 is 10.9. The number of para-hydroxylation sites is 1. The van der Waals surface area contributed by atoms with E-state index in [1.54, 1.807) is 43.5 Å². The number of pyridine rings is 1. The van der Waals surface area contributed by atoms with Crippen molar-refractivity contribution in [2.24, 2.45) is 0 Å². The molecule has 6 heteroatoms. The first kappa shape index (κ1) is 16.3. The van der Waals surface area contributed by atoms with Gasteiger partial charge in [-0.2, -0.15) is 0 Å². The Morgan fingerprint density at radius 3 is 2.71 bits per heavy atom. The summed E-state index contributed by atoms with van der Waals surface area (Å²) in [5.41, 5.74) is 3.89. The number of furan rings is 1. The van der Waals surface area contributed by atoms with Crippen molar-refractivity contribution in [1.82, 2.24) is 9.97 Å². The molecule has 0 spiro atoms. The summed E-state index contributed by atoms with van der Waals surface area (Å²) in [6.45, 7) is 1.79. The van der Waals surface area contributed by atoms with Gasteiger partial charge in [-0.1, -0.05) is 18.2 Å². The van der Waals surface area contributed by atoms with Gasteiger partial charge < -0.3 is 14.2 Å². The Morgan fingerprint density at radius 1 is 0.964 bits per heavy atom. The molecule has 0 atom stereocenters. The highest BCUT2D eigenvalue weighted by atomic mass is 16.3. The molecule has 0 saturated carbocycles. The van der Waals surface area contributed by atoms with Crippen molar-refractivity contribution in [2.75, 3.05) is 5.32 Å². The van der Waals surface area contributed by atoms with Gasteiger partial charge >= 0.3 is 0 Å². The number of anilines is 1. The summed E-state index contributed by atoms with van der Waals surface area (Å²) in [6, 6.07) is 18.3. The lowest BCUT2D eigenvalue weighted by atomic mass is 10.1. The second kappa shape index (κ2) is 6.35. The summed E-state index contributed by atoms with van der Waals surface area (Å²) in [5, 5.41) is 3.72. The quantitative estimate of drug-likeness (QED) is 0.473. The number of carbonyl (C=O) groups is 1. The zero-order chi connectivity index (χ0) is 19.1. The van der Waals surface area contributed by atoms with Gasteiger partial charge in [-0.15, -0.1) is 0 Å². The first-order valence-electron chi connectivity index (χ1n) is 8.79. The highest BCUT2D eigenvalue weighted by molar-refractivity contribution is 6.13. The van der Waals surface area contributed by atoms with Crippen LogP contribution < -0.4 is 5.32 Å².